The topological polar surface area (TPSA) is 61.6 Å². The Morgan fingerprint density at radius 3 is 2.74 bits per heavy atom. The number of rotatable bonds is 4. The van der Waals surface area contributed by atoms with Crippen molar-refractivity contribution in [1.29, 1.82) is 5.26 Å². The molecule has 0 atom stereocenters. The molecule has 2 aromatic rings. The van der Waals surface area contributed by atoms with E-state index < -0.39 is 0 Å². The minimum atomic E-state index is 0.394. The Kier molecular flexibility index (Phi) is 4.09. The summed E-state index contributed by atoms with van der Waals surface area (Å²) in [5.41, 5.74) is 3.78. The molecule has 4 heteroatoms. The molecule has 0 amide bonds. The second-order valence-electron chi connectivity index (χ2n) is 4.43. The van der Waals surface area contributed by atoms with Gasteiger partial charge in [-0.05, 0) is 37.5 Å². The van der Waals surface area contributed by atoms with Crippen LogP contribution in [0.15, 0.2) is 30.3 Å². The highest BCUT2D eigenvalue weighted by Crippen LogP contribution is 2.08. The van der Waals surface area contributed by atoms with E-state index in [1.54, 1.807) is 6.07 Å². The Hall–Kier alpha value is -2.41. The second-order valence-corrected chi connectivity index (χ2v) is 4.43. The lowest BCUT2D eigenvalue weighted by Gasteiger charge is -2.07. The summed E-state index contributed by atoms with van der Waals surface area (Å²) in [7, 11) is 0. The van der Waals surface area contributed by atoms with Crippen LogP contribution in [0.2, 0.25) is 0 Å². The molecule has 0 unspecified atom stereocenters. The largest absolute Gasteiger partial charge is 0.354 e. The molecule has 0 fully saturated rings. The Morgan fingerprint density at radius 2 is 2.00 bits per heavy atom. The van der Waals surface area contributed by atoms with E-state index in [1.165, 1.54) is 11.1 Å². The zero-order valence-electron chi connectivity index (χ0n) is 11.1. The number of nitriles is 1. The van der Waals surface area contributed by atoms with E-state index in [4.69, 9.17) is 5.26 Å². The first-order valence-electron chi connectivity index (χ1n) is 6.23. The van der Waals surface area contributed by atoms with Crippen molar-refractivity contribution < 1.29 is 0 Å². The summed E-state index contributed by atoms with van der Waals surface area (Å²) >= 11 is 0. The third kappa shape index (κ3) is 3.52. The van der Waals surface area contributed by atoms with E-state index in [-0.39, 0.29) is 0 Å². The molecule has 0 spiro atoms. The highest BCUT2D eigenvalue weighted by atomic mass is 15.1. The fourth-order valence-corrected chi connectivity index (χ4v) is 1.90. The summed E-state index contributed by atoms with van der Waals surface area (Å²) in [4.78, 5) is 8.38. The van der Waals surface area contributed by atoms with E-state index in [0.717, 1.165) is 18.7 Å². The zero-order chi connectivity index (χ0) is 13.7. The van der Waals surface area contributed by atoms with Gasteiger partial charge in [-0.15, -0.1) is 0 Å². The van der Waals surface area contributed by atoms with Crippen molar-refractivity contribution in [2.45, 2.75) is 20.3 Å². The molecule has 19 heavy (non-hydrogen) atoms. The molecule has 0 aliphatic carbocycles. The Balaban J connectivity index is 1.98. The highest BCUT2D eigenvalue weighted by Gasteiger charge is 2.02. The molecule has 96 valence electrons. The van der Waals surface area contributed by atoms with Crippen LogP contribution in [0.25, 0.3) is 0 Å². The summed E-state index contributed by atoms with van der Waals surface area (Å²) in [5, 5.41) is 12.0. The maximum absolute atomic E-state index is 8.86. The predicted octanol–water partition coefficient (Wildman–Crippen LogP) is 2.62. The van der Waals surface area contributed by atoms with Gasteiger partial charge in [0.15, 0.2) is 0 Å². The van der Waals surface area contributed by atoms with E-state index in [2.05, 4.69) is 34.3 Å². The van der Waals surface area contributed by atoms with Gasteiger partial charge in [0, 0.05) is 12.2 Å². The molecule has 1 aromatic heterocycles. The van der Waals surface area contributed by atoms with Crippen molar-refractivity contribution in [2.75, 3.05) is 11.9 Å². The van der Waals surface area contributed by atoms with Gasteiger partial charge in [-0.3, -0.25) is 0 Å². The number of nitrogens with one attached hydrogen (secondary N) is 1. The summed E-state index contributed by atoms with van der Waals surface area (Å²) in [6.07, 6.45) is 0.909. The van der Waals surface area contributed by atoms with Crippen LogP contribution in [0.4, 0.5) is 5.95 Å². The first-order valence-corrected chi connectivity index (χ1v) is 6.23. The number of hydrogen-bond acceptors (Lipinski definition) is 4. The smallest absolute Gasteiger partial charge is 0.224 e. The lowest BCUT2D eigenvalue weighted by Crippen LogP contribution is -2.09. The van der Waals surface area contributed by atoms with Gasteiger partial charge in [0.2, 0.25) is 5.95 Å². The molecule has 1 aromatic carbocycles. The summed E-state index contributed by atoms with van der Waals surface area (Å²) < 4.78 is 0. The fourth-order valence-electron chi connectivity index (χ4n) is 1.90. The van der Waals surface area contributed by atoms with E-state index in [9.17, 15) is 0 Å². The number of benzene rings is 1. The standard InChI is InChI=1S/C15H16N4/c1-11-5-3-4-6-13(11)7-8-17-15-18-12(2)9-14(10-16)19-15/h3-6,9H,7-8H2,1-2H3,(H,17,18,19). The SMILES string of the molecule is Cc1cc(C#N)nc(NCCc2ccccc2C)n1. The number of nitrogens with zero attached hydrogens (tertiary/aromatic N) is 3. The minimum absolute atomic E-state index is 0.394. The maximum atomic E-state index is 8.86. The third-order valence-corrected chi connectivity index (χ3v) is 2.91. The molecule has 0 radical (unpaired) electrons. The molecular weight excluding hydrogens is 236 g/mol. The number of anilines is 1. The maximum Gasteiger partial charge on any atom is 0.224 e. The van der Waals surface area contributed by atoms with Crippen molar-refractivity contribution in [2.24, 2.45) is 0 Å². The molecular formula is C15H16N4. The lowest BCUT2D eigenvalue weighted by molar-refractivity contribution is 0.962. The van der Waals surface area contributed by atoms with Gasteiger partial charge >= 0.3 is 0 Å². The third-order valence-electron chi connectivity index (χ3n) is 2.91. The fraction of sp³-hybridized carbons (Fsp3) is 0.267. The molecule has 2 rings (SSSR count). The molecule has 0 saturated carbocycles. The average molecular weight is 252 g/mol. The summed E-state index contributed by atoms with van der Waals surface area (Å²) in [6, 6.07) is 12.0. The van der Waals surface area contributed by atoms with Crippen LogP contribution >= 0.6 is 0 Å². The molecule has 0 aliphatic heterocycles. The van der Waals surface area contributed by atoms with E-state index >= 15 is 0 Å². The van der Waals surface area contributed by atoms with Crippen LogP contribution in [0.3, 0.4) is 0 Å². The minimum Gasteiger partial charge on any atom is -0.354 e. The average Bonchev–Trinajstić information content (AvgIpc) is 2.40. The highest BCUT2D eigenvalue weighted by molar-refractivity contribution is 5.33. The first-order chi connectivity index (χ1) is 9.19. The Labute approximate surface area is 113 Å². The van der Waals surface area contributed by atoms with Gasteiger partial charge in [-0.25, -0.2) is 9.97 Å². The zero-order valence-corrected chi connectivity index (χ0v) is 11.1. The summed E-state index contributed by atoms with van der Waals surface area (Å²) in [5.74, 6) is 0.519. The molecule has 0 aliphatic rings. The van der Waals surface area contributed by atoms with Crippen molar-refractivity contribution in [1.82, 2.24) is 9.97 Å². The van der Waals surface area contributed by atoms with Gasteiger partial charge < -0.3 is 5.32 Å². The number of aryl methyl sites for hydroxylation is 2. The molecule has 0 bridgehead atoms. The lowest BCUT2D eigenvalue weighted by atomic mass is 10.1. The number of aromatic nitrogens is 2. The van der Waals surface area contributed by atoms with Crippen LogP contribution in [0.1, 0.15) is 22.5 Å². The Bertz CT molecular complexity index is 614. The van der Waals surface area contributed by atoms with E-state index in [0.29, 0.717) is 11.6 Å². The normalized spacial score (nSPS) is 9.95. The molecule has 0 saturated heterocycles. The number of hydrogen-bond donors (Lipinski definition) is 1. The van der Waals surface area contributed by atoms with Crippen molar-refractivity contribution in [3.8, 4) is 6.07 Å². The van der Waals surface area contributed by atoms with Gasteiger partial charge in [-0.1, -0.05) is 24.3 Å². The molecule has 1 N–H and O–H groups in total. The second kappa shape index (κ2) is 5.96. The van der Waals surface area contributed by atoms with Gasteiger partial charge in [0.1, 0.15) is 11.8 Å². The van der Waals surface area contributed by atoms with Crippen LogP contribution in [-0.2, 0) is 6.42 Å². The van der Waals surface area contributed by atoms with Crippen molar-refractivity contribution in [3.63, 3.8) is 0 Å². The van der Waals surface area contributed by atoms with Crippen molar-refractivity contribution in [3.05, 3.63) is 52.8 Å². The molecule has 1 heterocycles. The van der Waals surface area contributed by atoms with Crippen molar-refractivity contribution >= 4 is 5.95 Å². The van der Waals surface area contributed by atoms with Gasteiger partial charge in [0.25, 0.3) is 0 Å². The Morgan fingerprint density at radius 1 is 1.21 bits per heavy atom. The first kappa shape index (κ1) is 13.0. The van der Waals surface area contributed by atoms with E-state index in [1.807, 2.05) is 25.1 Å². The van der Waals surface area contributed by atoms with Crippen LogP contribution in [0.5, 0.6) is 0 Å². The van der Waals surface area contributed by atoms with Crippen LogP contribution < -0.4 is 5.32 Å². The van der Waals surface area contributed by atoms with Gasteiger partial charge in [0.05, 0.1) is 0 Å². The quantitative estimate of drug-likeness (QED) is 0.908. The molecule has 4 nitrogen and oxygen atoms in total. The van der Waals surface area contributed by atoms with Gasteiger partial charge in [-0.2, -0.15) is 5.26 Å². The predicted molar refractivity (Wildman–Crippen MR) is 74.9 cm³/mol. The van der Waals surface area contributed by atoms with Crippen LogP contribution in [-0.4, -0.2) is 16.5 Å². The monoisotopic (exact) mass is 252 g/mol. The van der Waals surface area contributed by atoms with Crippen LogP contribution in [0, 0.1) is 25.2 Å². The summed E-state index contributed by atoms with van der Waals surface area (Å²) in [6.45, 7) is 4.71.